The highest BCUT2D eigenvalue weighted by atomic mass is 16.1. The fourth-order valence-electron chi connectivity index (χ4n) is 0.738. The molecule has 0 bridgehead atoms. The van der Waals surface area contributed by atoms with Crippen molar-refractivity contribution in [1.29, 1.82) is 5.26 Å². The van der Waals surface area contributed by atoms with Crippen LogP contribution in [-0.2, 0) is 4.79 Å². The van der Waals surface area contributed by atoms with Crippen LogP contribution >= 0.6 is 0 Å². The zero-order valence-corrected chi connectivity index (χ0v) is 7.63. The van der Waals surface area contributed by atoms with Gasteiger partial charge in [-0.2, -0.15) is 5.26 Å². The molecule has 12 heavy (non-hydrogen) atoms. The van der Waals surface area contributed by atoms with Crippen LogP contribution in [0, 0.1) is 11.3 Å². The summed E-state index contributed by atoms with van der Waals surface area (Å²) in [7, 11) is 3.68. The summed E-state index contributed by atoms with van der Waals surface area (Å²) >= 11 is 0. The molecular formula is C8H15N3O. The van der Waals surface area contributed by atoms with E-state index >= 15 is 0 Å². The summed E-state index contributed by atoms with van der Waals surface area (Å²) in [6.45, 7) is 1.01. The van der Waals surface area contributed by atoms with Gasteiger partial charge in [-0.25, -0.2) is 0 Å². The maximum absolute atomic E-state index is 11.0. The van der Waals surface area contributed by atoms with Crippen LogP contribution in [0.15, 0.2) is 0 Å². The Morgan fingerprint density at radius 3 is 2.75 bits per heavy atom. The summed E-state index contributed by atoms with van der Waals surface area (Å²) in [6, 6.07) is 2.02. The fraction of sp³-hybridized carbons (Fsp3) is 0.750. The highest BCUT2D eigenvalue weighted by molar-refractivity contribution is 5.77. The van der Waals surface area contributed by atoms with E-state index in [1.54, 1.807) is 4.90 Å². The molecule has 0 aromatic heterocycles. The van der Waals surface area contributed by atoms with Crippen LogP contribution in [0.5, 0.6) is 0 Å². The maximum Gasteiger partial charge on any atom is 0.234 e. The smallest absolute Gasteiger partial charge is 0.234 e. The normalized spacial score (nSPS) is 9.50. The van der Waals surface area contributed by atoms with Gasteiger partial charge in [-0.1, -0.05) is 0 Å². The van der Waals surface area contributed by atoms with Gasteiger partial charge in [0, 0.05) is 13.0 Å². The topological polar surface area (TPSA) is 56.1 Å². The summed E-state index contributed by atoms with van der Waals surface area (Å²) in [5.41, 5.74) is 0. The van der Waals surface area contributed by atoms with E-state index in [4.69, 9.17) is 5.26 Å². The highest BCUT2D eigenvalue weighted by Gasteiger charge is 2.00. The maximum atomic E-state index is 11.0. The number of nitrogens with zero attached hydrogens (tertiary/aromatic N) is 2. The zero-order valence-electron chi connectivity index (χ0n) is 7.63. The van der Waals surface area contributed by atoms with Crippen LogP contribution in [0.25, 0.3) is 0 Å². The molecule has 0 aromatic rings. The lowest BCUT2D eigenvalue weighted by Crippen LogP contribution is -2.33. The van der Waals surface area contributed by atoms with Crippen molar-refractivity contribution in [3.8, 4) is 6.07 Å². The molecule has 0 saturated heterocycles. The third-order valence-electron chi connectivity index (χ3n) is 1.25. The molecule has 0 rings (SSSR count). The van der Waals surface area contributed by atoms with E-state index in [-0.39, 0.29) is 5.91 Å². The Morgan fingerprint density at radius 2 is 2.25 bits per heavy atom. The number of hydrogen-bond acceptors (Lipinski definition) is 3. The standard InChI is InChI=1S/C8H15N3O/c1-11(2)7-8(12)10-6-4-3-5-9/h3-4,6-7H2,1-2H3,(H,10,12). The molecule has 1 amide bonds. The van der Waals surface area contributed by atoms with E-state index in [0.717, 1.165) is 6.42 Å². The van der Waals surface area contributed by atoms with Crippen LogP contribution in [0.3, 0.4) is 0 Å². The molecule has 0 fully saturated rings. The van der Waals surface area contributed by atoms with E-state index in [1.807, 2.05) is 20.2 Å². The molecule has 1 N–H and O–H groups in total. The van der Waals surface area contributed by atoms with Gasteiger partial charge in [0.2, 0.25) is 5.91 Å². The van der Waals surface area contributed by atoms with Crippen LogP contribution in [-0.4, -0.2) is 38.0 Å². The lowest BCUT2D eigenvalue weighted by atomic mass is 10.3. The van der Waals surface area contributed by atoms with Gasteiger partial charge in [-0.3, -0.25) is 4.79 Å². The van der Waals surface area contributed by atoms with Crippen molar-refractivity contribution in [1.82, 2.24) is 10.2 Å². The number of likely N-dealkylation sites (N-methyl/N-ethyl adjacent to an activating group) is 1. The van der Waals surface area contributed by atoms with Gasteiger partial charge in [0.05, 0.1) is 12.6 Å². The Kier molecular flexibility index (Phi) is 6.02. The average Bonchev–Trinajstić information content (AvgIpc) is 1.97. The van der Waals surface area contributed by atoms with E-state index in [2.05, 4.69) is 5.32 Å². The highest BCUT2D eigenvalue weighted by Crippen LogP contribution is 1.83. The van der Waals surface area contributed by atoms with Crippen molar-refractivity contribution in [2.75, 3.05) is 27.2 Å². The number of nitriles is 1. The Hall–Kier alpha value is -1.08. The molecular weight excluding hydrogens is 154 g/mol. The molecule has 0 aliphatic heterocycles. The van der Waals surface area contributed by atoms with E-state index in [1.165, 1.54) is 0 Å². The number of carbonyl (C=O) groups excluding carboxylic acids is 1. The molecule has 0 aromatic carbocycles. The second-order valence-electron chi connectivity index (χ2n) is 2.85. The van der Waals surface area contributed by atoms with Gasteiger partial charge in [-0.05, 0) is 20.5 Å². The number of carbonyl (C=O) groups is 1. The summed E-state index contributed by atoms with van der Waals surface area (Å²) in [4.78, 5) is 12.8. The van der Waals surface area contributed by atoms with Crippen LogP contribution in [0.2, 0.25) is 0 Å². The number of amides is 1. The first kappa shape index (κ1) is 10.9. The first-order chi connectivity index (χ1) is 5.66. The summed E-state index contributed by atoms with van der Waals surface area (Å²) in [5, 5.41) is 10.9. The number of rotatable bonds is 5. The molecule has 0 atom stereocenters. The van der Waals surface area contributed by atoms with Crippen molar-refractivity contribution < 1.29 is 4.79 Å². The molecule has 0 saturated carbocycles. The second-order valence-corrected chi connectivity index (χ2v) is 2.85. The van der Waals surface area contributed by atoms with Crippen molar-refractivity contribution >= 4 is 5.91 Å². The Balaban J connectivity index is 3.27. The molecule has 0 spiro atoms. The number of unbranched alkanes of at least 4 members (excludes halogenated alkanes) is 1. The molecule has 0 heterocycles. The summed E-state index contributed by atoms with van der Waals surface area (Å²) in [6.07, 6.45) is 1.23. The molecule has 4 heteroatoms. The zero-order chi connectivity index (χ0) is 9.40. The van der Waals surface area contributed by atoms with E-state index in [0.29, 0.717) is 19.5 Å². The molecule has 4 nitrogen and oxygen atoms in total. The summed E-state index contributed by atoms with van der Waals surface area (Å²) < 4.78 is 0. The van der Waals surface area contributed by atoms with Crippen molar-refractivity contribution in [2.24, 2.45) is 0 Å². The first-order valence-electron chi connectivity index (χ1n) is 3.95. The Labute approximate surface area is 73.2 Å². The number of hydrogen-bond donors (Lipinski definition) is 1. The molecule has 0 aliphatic carbocycles. The van der Waals surface area contributed by atoms with Gasteiger partial charge in [0.25, 0.3) is 0 Å². The van der Waals surface area contributed by atoms with Crippen molar-refractivity contribution in [3.63, 3.8) is 0 Å². The van der Waals surface area contributed by atoms with Crippen LogP contribution in [0.1, 0.15) is 12.8 Å². The van der Waals surface area contributed by atoms with E-state index in [9.17, 15) is 4.79 Å². The minimum Gasteiger partial charge on any atom is -0.355 e. The lowest BCUT2D eigenvalue weighted by Gasteiger charge is -2.08. The van der Waals surface area contributed by atoms with Gasteiger partial charge in [-0.15, -0.1) is 0 Å². The third kappa shape index (κ3) is 7.03. The average molecular weight is 169 g/mol. The lowest BCUT2D eigenvalue weighted by molar-refractivity contribution is -0.121. The van der Waals surface area contributed by atoms with E-state index < -0.39 is 0 Å². The van der Waals surface area contributed by atoms with Crippen LogP contribution < -0.4 is 5.32 Å². The number of nitrogens with one attached hydrogen (secondary N) is 1. The van der Waals surface area contributed by atoms with Gasteiger partial charge in [0.1, 0.15) is 0 Å². The Morgan fingerprint density at radius 1 is 1.58 bits per heavy atom. The molecule has 0 unspecified atom stereocenters. The Bertz CT molecular complexity index is 172. The third-order valence-corrected chi connectivity index (χ3v) is 1.25. The van der Waals surface area contributed by atoms with Crippen LogP contribution in [0.4, 0.5) is 0 Å². The summed E-state index contributed by atoms with van der Waals surface area (Å²) in [5.74, 6) is 0.0120. The first-order valence-corrected chi connectivity index (χ1v) is 3.95. The predicted octanol–water partition coefficient (Wildman–Crippen LogP) is -0.0320. The SMILES string of the molecule is CN(C)CC(=O)NCCCC#N. The molecule has 68 valence electrons. The fourth-order valence-corrected chi connectivity index (χ4v) is 0.738. The van der Waals surface area contributed by atoms with Gasteiger partial charge < -0.3 is 10.2 Å². The van der Waals surface area contributed by atoms with Crippen molar-refractivity contribution in [2.45, 2.75) is 12.8 Å². The quantitative estimate of drug-likeness (QED) is 0.588. The predicted molar refractivity (Wildman–Crippen MR) is 46.4 cm³/mol. The molecule has 0 aliphatic rings. The minimum atomic E-state index is 0.0120. The van der Waals surface area contributed by atoms with Gasteiger partial charge >= 0.3 is 0 Å². The van der Waals surface area contributed by atoms with Gasteiger partial charge in [0.15, 0.2) is 0 Å². The largest absolute Gasteiger partial charge is 0.355 e. The monoisotopic (exact) mass is 169 g/mol. The minimum absolute atomic E-state index is 0.0120. The van der Waals surface area contributed by atoms with Crippen molar-refractivity contribution in [3.05, 3.63) is 0 Å². The molecule has 0 radical (unpaired) electrons. The second kappa shape index (κ2) is 6.62.